The zero-order valence-corrected chi connectivity index (χ0v) is 12.1. The highest BCUT2D eigenvalue weighted by atomic mass is 16.5. The molecule has 0 radical (unpaired) electrons. The molecule has 21 heavy (non-hydrogen) atoms. The van der Waals surface area contributed by atoms with Crippen LogP contribution in [0, 0.1) is 0 Å². The Bertz CT molecular complexity index is 520. The lowest BCUT2D eigenvalue weighted by molar-refractivity contribution is -0.122. The van der Waals surface area contributed by atoms with Gasteiger partial charge in [0.25, 0.3) is 5.91 Å². The number of hydrogen-bond donors (Lipinski definition) is 2. The maximum Gasteiger partial charge on any atom is 0.267 e. The van der Waals surface area contributed by atoms with E-state index in [0.29, 0.717) is 6.54 Å². The molecule has 1 heterocycles. The van der Waals surface area contributed by atoms with Crippen molar-refractivity contribution in [1.29, 1.82) is 0 Å². The quantitative estimate of drug-likeness (QED) is 0.806. The van der Waals surface area contributed by atoms with Crippen molar-refractivity contribution in [2.24, 2.45) is 0 Å². The summed E-state index contributed by atoms with van der Waals surface area (Å²) in [5.74, 6) is -0.575. The number of benzene rings is 1. The summed E-state index contributed by atoms with van der Waals surface area (Å²) in [6.07, 6.45) is 3.72. The lowest BCUT2D eigenvalue weighted by atomic mass is 10.2. The molecule has 1 aliphatic rings. The Morgan fingerprint density at radius 1 is 1.33 bits per heavy atom. The molecule has 5 nitrogen and oxygen atoms in total. The number of carbonyl (C=O) groups excluding carboxylic acids is 2. The van der Waals surface area contributed by atoms with Crippen molar-refractivity contribution in [2.45, 2.75) is 25.9 Å². The van der Waals surface area contributed by atoms with Gasteiger partial charge in [-0.3, -0.25) is 9.59 Å². The second-order valence-corrected chi connectivity index (χ2v) is 4.99. The standard InChI is InChI=1S/C16H20N2O3/c1-12(19)18-15(10-13-6-3-2-4-7-13)16(20)17-11-14-8-5-9-21-14/h2-4,6-7,10,14H,5,8-9,11H2,1H3,(H,17,20)(H,18,19)/b15-10+/t14-/m0/s1. The molecule has 2 N–H and O–H groups in total. The second-order valence-electron chi connectivity index (χ2n) is 4.99. The molecule has 1 aliphatic heterocycles. The predicted octanol–water partition coefficient (Wildman–Crippen LogP) is 1.46. The molecule has 0 saturated carbocycles. The Hall–Kier alpha value is -2.14. The first-order valence-electron chi connectivity index (χ1n) is 7.09. The Balaban J connectivity index is 2.02. The lowest BCUT2D eigenvalue weighted by Crippen LogP contribution is -2.37. The first-order chi connectivity index (χ1) is 10.1. The number of carbonyl (C=O) groups is 2. The van der Waals surface area contributed by atoms with Crippen LogP contribution in [0.3, 0.4) is 0 Å². The van der Waals surface area contributed by atoms with E-state index in [-0.39, 0.29) is 23.6 Å². The summed E-state index contributed by atoms with van der Waals surface area (Å²) in [5.41, 5.74) is 1.10. The van der Waals surface area contributed by atoms with Crippen LogP contribution in [0.5, 0.6) is 0 Å². The molecule has 0 aliphatic carbocycles. The largest absolute Gasteiger partial charge is 0.376 e. The molecule has 0 bridgehead atoms. The Labute approximate surface area is 124 Å². The summed E-state index contributed by atoms with van der Waals surface area (Å²) in [4.78, 5) is 23.4. The topological polar surface area (TPSA) is 67.4 Å². The number of nitrogens with one attached hydrogen (secondary N) is 2. The van der Waals surface area contributed by atoms with Crippen molar-refractivity contribution in [3.05, 3.63) is 41.6 Å². The third kappa shape index (κ3) is 5.04. The maximum absolute atomic E-state index is 12.2. The zero-order valence-electron chi connectivity index (χ0n) is 12.1. The molecule has 1 aromatic carbocycles. The highest BCUT2D eigenvalue weighted by Gasteiger charge is 2.18. The molecule has 0 aromatic heterocycles. The molecule has 1 aromatic rings. The second kappa shape index (κ2) is 7.59. The van der Waals surface area contributed by atoms with E-state index in [1.807, 2.05) is 30.3 Å². The minimum Gasteiger partial charge on any atom is -0.376 e. The van der Waals surface area contributed by atoms with Crippen molar-refractivity contribution >= 4 is 17.9 Å². The third-order valence-corrected chi connectivity index (χ3v) is 3.18. The van der Waals surface area contributed by atoms with E-state index in [4.69, 9.17) is 4.74 Å². The van der Waals surface area contributed by atoms with Crippen LogP contribution in [0.1, 0.15) is 25.3 Å². The molecule has 1 saturated heterocycles. The van der Waals surface area contributed by atoms with Gasteiger partial charge in [0.15, 0.2) is 0 Å². The van der Waals surface area contributed by atoms with Gasteiger partial charge in [-0.1, -0.05) is 30.3 Å². The van der Waals surface area contributed by atoms with Crippen molar-refractivity contribution in [3.8, 4) is 0 Å². The molecule has 0 unspecified atom stereocenters. The molecule has 1 fully saturated rings. The van der Waals surface area contributed by atoms with E-state index in [1.165, 1.54) is 6.92 Å². The number of amides is 2. The van der Waals surface area contributed by atoms with Gasteiger partial charge in [-0.15, -0.1) is 0 Å². The summed E-state index contributed by atoms with van der Waals surface area (Å²) in [6.45, 7) is 2.59. The smallest absolute Gasteiger partial charge is 0.267 e. The van der Waals surface area contributed by atoms with Crippen molar-refractivity contribution in [3.63, 3.8) is 0 Å². The first kappa shape index (κ1) is 15.3. The molecular formula is C16H20N2O3. The predicted molar refractivity (Wildman–Crippen MR) is 80.2 cm³/mol. The van der Waals surface area contributed by atoms with Gasteiger partial charge in [0, 0.05) is 20.1 Å². The van der Waals surface area contributed by atoms with Crippen LogP contribution in [0.25, 0.3) is 6.08 Å². The van der Waals surface area contributed by atoms with Crippen LogP contribution in [0.2, 0.25) is 0 Å². The monoisotopic (exact) mass is 288 g/mol. The van der Waals surface area contributed by atoms with Crippen LogP contribution >= 0.6 is 0 Å². The SMILES string of the molecule is CC(=O)N/C(=C/c1ccccc1)C(=O)NC[C@@H]1CCCO1. The van der Waals surface area contributed by atoms with Gasteiger partial charge in [0.1, 0.15) is 5.70 Å². The van der Waals surface area contributed by atoms with Crippen molar-refractivity contribution in [1.82, 2.24) is 10.6 Å². The molecule has 0 spiro atoms. The summed E-state index contributed by atoms with van der Waals surface area (Å²) < 4.78 is 5.46. The van der Waals surface area contributed by atoms with Crippen LogP contribution < -0.4 is 10.6 Å². The molecule has 5 heteroatoms. The van der Waals surface area contributed by atoms with Crippen LogP contribution in [0.15, 0.2) is 36.0 Å². The van der Waals surface area contributed by atoms with Gasteiger partial charge in [-0.2, -0.15) is 0 Å². The van der Waals surface area contributed by atoms with Crippen molar-refractivity contribution < 1.29 is 14.3 Å². The highest BCUT2D eigenvalue weighted by Crippen LogP contribution is 2.11. The molecule has 1 atom stereocenters. The minimum atomic E-state index is -0.301. The van der Waals surface area contributed by atoms with Crippen molar-refractivity contribution in [2.75, 3.05) is 13.2 Å². The van der Waals surface area contributed by atoms with Crippen LogP contribution in [-0.4, -0.2) is 31.1 Å². The maximum atomic E-state index is 12.2. The minimum absolute atomic E-state index is 0.0734. The van der Waals surface area contributed by atoms with E-state index in [2.05, 4.69) is 10.6 Å². The van der Waals surface area contributed by atoms with E-state index in [0.717, 1.165) is 25.0 Å². The summed E-state index contributed by atoms with van der Waals surface area (Å²) in [7, 11) is 0. The van der Waals surface area contributed by atoms with E-state index >= 15 is 0 Å². The average Bonchev–Trinajstić information content (AvgIpc) is 2.98. The van der Waals surface area contributed by atoms with E-state index < -0.39 is 0 Å². The zero-order chi connectivity index (χ0) is 15.1. The fraction of sp³-hybridized carbons (Fsp3) is 0.375. The highest BCUT2D eigenvalue weighted by molar-refractivity contribution is 6.00. The molecule has 112 valence electrons. The van der Waals surface area contributed by atoms with Gasteiger partial charge in [0.2, 0.25) is 5.91 Å². The van der Waals surface area contributed by atoms with Gasteiger partial charge >= 0.3 is 0 Å². The molecule has 2 rings (SSSR count). The number of ether oxygens (including phenoxy) is 1. The van der Waals surface area contributed by atoms with E-state index in [9.17, 15) is 9.59 Å². The summed E-state index contributed by atoms with van der Waals surface area (Å²) in [6, 6.07) is 9.39. The van der Waals surface area contributed by atoms with E-state index in [1.54, 1.807) is 6.08 Å². The first-order valence-corrected chi connectivity index (χ1v) is 7.09. The Kier molecular flexibility index (Phi) is 5.51. The fourth-order valence-corrected chi connectivity index (χ4v) is 2.17. The number of rotatable bonds is 5. The number of hydrogen-bond acceptors (Lipinski definition) is 3. The van der Waals surface area contributed by atoms with Gasteiger partial charge in [-0.05, 0) is 24.5 Å². The van der Waals surface area contributed by atoms with Crippen LogP contribution in [0.4, 0.5) is 0 Å². The Morgan fingerprint density at radius 2 is 2.10 bits per heavy atom. The third-order valence-electron chi connectivity index (χ3n) is 3.18. The molecular weight excluding hydrogens is 268 g/mol. The average molecular weight is 288 g/mol. The van der Waals surface area contributed by atoms with Gasteiger partial charge in [0.05, 0.1) is 6.10 Å². The summed E-state index contributed by atoms with van der Waals surface area (Å²) in [5, 5.41) is 5.38. The molecule has 2 amide bonds. The lowest BCUT2D eigenvalue weighted by Gasteiger charge is -2.13. The normalized spacial score (nSPS) is 18.3. The van der Waals surface area contributed by atoms with Crippen LogP contribution in [-0.2, 0) is 14.3 Å². The fourth-order valence-electron chi connectivity index (χ4n) is 2.17. The van der Waals surface area contributed by atoms with Gasteiger partial charge < -0.3 is 15.4 Å². The summed E-state index contributed by atoms with van der Waals surface area (Å²) >= 11 is 0. The Morgan fingerprint density at radius 3 is 2.71 bits per heavy atom. The van der Waals surface area contributed by atoms with Gasteiger partial charge in [-0.25, -0.2) is 0 Å².